The maximum Gasteiger partial charge on any atom is 0.207 e. The quantitative estimate of drug-likeness (QED) is 0.823. The van der Waals surface area contributed by atoms with Gasteiger partial charge in [-0.05, 0) is 35.0 Å². The Morgan fingerprint density at radius 3 is 2.82 bits per heavy atom. The molecule has 0 spiro atoms. The molecule has 1 aromatic heterocycles. The van der Waals surface area contributed by atoms with Gasteiger partial charge >= 0.3 is 0 Å². The summed E-state index contributed by atoms with van der Waals surface area (Å²) in [5, 5.41) is 4.12. The van der Waals surface area contributed by atoms with Crippen molar-refractivity contribution in [2.24, 2.45) is 0 Å². The summed E-state index contributed by atoms with van der Waals surface area (Å²) in [4.78, 5) is 4.21. The monoisotopic (exact) mass is 333 g/mol. The molecule has 17 heavy (non-hydrogen) atoms. The van der Waals surface area contributed by atoms with E-state index in [-0.39, 0.29) is 0 Å². The first-order chi connectivity index (χ1) is 8.13. The summed E-state index contributed by atoms with van der Waals surface area (Å²) >= 11 is 15.5. The van der Waals surface area contributed by atoms with E-state index in [0.717, 1.165) is 22.7 Å². The normalized spacial score (nSPS) is 10.6. The third-order valence-electron chi connectivity index (χ3n) is 2.34. The Hall–Kier alpha value is -0.710. The maximum atomic E-state index is 6.15. The van der Waals surface area contributed by atoms with Gasteiger partial charge in [0.2, 0.25) is 5.95 Å². The molecule has 0 atom stereocenters. The Bertz CT molecular complexity index is 540. The van der Waals surface area contributed by atoms with Gasteiger partial charge in [0.05, 0.1) is 15.7 Å². The van der Waals surface area contributed by atoms with Gasteiger partial charge in [0.1, 0.15) is 0 Å². The van der Waals surface area contributed by atoms with Crippen LogP contribution in [0.25, 0.3) is 0 Å². The Labute approximate surface area is 118 Å². The summed E-state index contributed by atoms with van der Waals surface area (Å²) in [6.07, 6.45) is 3.64. The SMILES string of the molecule is CCn1ccnc1Nc1ccc(Br)c(Cl)c1Cl. The van der Waals surface area contributed by atoms with E-state index in [1.54, 1.807) is 6.20 Å². The fraction of sp³-hybridized carbons (Fsp3) is 0.182. The minimum Gasteiger partial charge on any atom is -0.324 e. The minimum absolute atomic E-state index is 0.478. The molecule has 0 amide bonds. The number of hydrogen-bond donors (Lipinski definition) is 1. The second-order valence-corrected chi connectivity index (χ2v) is 5.00. The van der Waals surface area contributed by atoms with Crippen LogP contribution in [0.3, 0.4) is 0 Å². The van der Waals surface area contributed by atoms with E-state index in [1.165, 1.54) is 0 Å². The highest BCUT2D eigenvalue weighted by Crippen LogP contribution is 2.36. The predicted octanol–water partition coefficient (Wildman–Crippen LogP) is 4.72. The molecule has 90 valence electrons. The van der Waals surface area contributed by atoms with E-state index >= 15 is 0 Å². The molecule has 2 aromatic rings. The molecule has 0 aliphatic carbocycles. The van der Waals surface area contributed by atoms with Gasteiger partial charge in [-0.2, -0.15) is 0 Å². The number of nitrogens with one attached hydrogen (secondary N) is 1. The minimum atomic E-state index is 0.478. The number of hydrogen-bond acceptors (Lipinski definition) is 2. The van der Waals surface area contributed by atoms with Crippen LogP contribution in [0.5, 0.6) is 0 Å². The average Bonchev–Trinajstić information content (AvgIpc) is 2.77. The van der Waals surface area contributed by atoms with Crippen LogP contribution in [0.2, 0.25) is 10.0 Å². The van der Waals surface area contributed by atoms with Gasteiger partial charge in [-0.3, -0.25) is 0 Å². The first kappa shape index (κ1) is 12.7. The van der Waals surface area contributed by atoms with E-state index in [1.807, 2.05) is 29.8 Å². The third kappa shape index (κ3) is 2.59. The van der Waals surface area contributed by atoms with Crippen molar-refractivity contribution >= 4 is 50.8 Å². The van der Waals surface area contributed by atoms with Crippen molar-refractivity contribution in [2.45, 2.75) is 13.5 Å². The summed E-state index contributed by atoms with van der Waals surface area (Å²) in [6.45, 7) is 2.88. The van der Waals surface area contributed by atoms with E-state index in [4.69, 9.17) is 23.2 Å². The van der Waals surface area contributed by atoms with Crippen LogP contribution >= 0.6 is 39.1 Å². The van der Waals surface area contributed by atoms with Gasteiger partial charge in [-0.15, -0.1) is 0 Å². The standard InChI is InChI=1S/C11H10BrCl2N3/c1-2-17-6-5-15-11(17)16-8-4-3-7(12)9(13)10(8)14/h3-6H,2H2,1H3,(H,15,16). The van der Waals surface area contributed by atoms with Crippen molar-refractivity contribution in [2.75, 3.05) is 5.32 Å². The zero-order valence-electron chi connectivity index (χ0n) is 9.04. The second-order valence-electron chi connectivity index (χ2n) is 3.38. The molecule has 3 nitrogen and oxygen atoms in total. The zero-order valence-corrected chi connectivity index (χ0v) is 12.1. The van der Waals surface area contributed by atoms with Crippen molar-refractivity contribution < 1.29 is 0 Å². The van der Waals surface area contributed by atoms with Crippen LogP contribution in [-0.4, -0.2) is 9.55 Å². The number of aromatic nitrogens is 2. The fourth-order valence-corrected chi connectivity index (χ4v) is 2.25. The second kappa shape index (κ2) is 5.29. The lowest BCUT2D eigenvalue weighted by molar-refractivity contribution is 0.772. The van der Waals surface area contributed by atoms with Gasteiger partial charge in [-0.25, -0.2) is 4.98 Å². The van der Waals surface area contributed by atoms with Crippen molar-refractivity contribution in [1.29, 1.82) is 0 Å². The first-order valence-electron chi connectivity index (χ1n) is 5.05. The molecule has 0 fully saturated rings. The summed E-state index contributed by atoms with van der Waals surface area (Å²) < 4.78 is 2.75. The van der Waals surface area contributed by atoms with Crippen molar-refractivity contribution in [3.8, 4) is 0 Å². The number of halogens is 3. The molecule has 1 aromatic carbocycles. The Morgan fingerprint density at radius 2 is 2.12 bits per heavy atom. The lowest BCUT2D eigenvalue weighted by atomic mass is 10.3. The summed E-state index contributed by atoms with van der Waals surface area (Å²) in [5.41, 5.74) is 0.737. The number of aryl methyl sites for hydroxylation is 1. The Morgan fingerprint density at radius 1 is 1.35 bits per heavy atom. The van der Waals surface area contributed by atoms with E-state index < -0.39 is 0 Å². The van der Waals surface area contributed by atoms with Gasteiger partial charge < -0.3 is 9.88 Å². The first-order valence-corrected chi connectivity index (χ1v) is 6.60. The van der Waals surface area contributed by atoms with Gasteiger partial charge in [0.15, 0.2) is 0 Å². The van der Waals surface area contributed by atoms with E-state index in [9.17, 15) is 0 Å². The molecule has 0 bridgehead atoms. The van der Waals surface area contributed by atoms with Crippen LogP contribution in [0.15, 0.2) is 29.0 Å². The average molecular weight is 335 g/mol. The molecule has 6 heteroatoms. The molecule has 0 unspecified atom stereocenters. The topological polar surface area (TPSA) is 29.9 Å². The maximum absolute atomic E-state index is 6.15. The molecule has 1 heterocycles. The van der Waals surface area contributed by atoms with Crippen LogP contribution in [0, 0.1) is 0 Å². The molecule has 0 aliphatic rings. The molecule has 0 saturated heterocycles. The molecule has 2 rings (SSSR count). The number of imidazole rings is 1. The third-order valence-corrected chi connectivity index (χ3v) is 4.11. The molecule has 1 N–H and O–H groups in total. The van der Waals surface area contributed by atoms with Crippen LogP contribution in [-0.2, 0) is 6.54 Å². The Balaban J connectivity index is 2.34. The van der Waals surface area contributed by atoms with Gasteiger partial charge in [0.25, 0.3) is 0 Å². The smallest absolute Gasteiger partial charge is 0.207 e. The van der Waals surface area contributed by atoms with Crippen LogP contribution in [0.4, 0.5) is 11.6 Å². The molecule has 0 radical (unpaired) electrons. The molecular weight excluding hydrogens is 325 g/mol. The highest BCUT2D eigenvalue weighted by molar-refractivity contribution is 9.10. The predicted molar refractivity (Wildman–Crippen MR) is 75.3 cm³/mol. The Kier molecular flexibility index (Phi) is 3.97. The number of nitrogens with zero attached hydrogens (tertiary/aromatic N) is 2. The van der Waals surface area contributed by atoms with E-state index in [2.05, 4.69) is 26.2 Å². The van der Waals surface area contributed by atoms with Crippen LogP contribution < -0.4 is 5.32 Å². The zero-order chi connectivity index (χ0) is 12.4. The molecular formula is C11H10BrCl2N3. The summed E-state index contributed by atoms with van der Waals surface area (Å²) in [5.74, 6) is 0.743. The number of anilines is 2. The van der Waals surface area contributed by atoms with Crippen LogP contribution in [0.1, 0.15) is 6.92 Å². The number of rotatable bonds is 3. The van der Waals surface area contributed by atoms with Gasteiger partial charge in [0, 0.05) is 23.4 Å². The van der Waals surface area contributed by atoms with Crippen molar-refractivity contribution in [3.05, 3.63) is 39.0 Å². The molecule has 0 aliphatic heterocycles. The van der Waals surface area contributed by atoms with Crippen molar-refractivity contribution in [1.82, 2.24) is 9.55 Å². The summed E-state index contributed by atoms with van der Waals surface area (Å²) in [7, 11) is 0. The highest BCUT2D eigenvalue weighted by atomic mass is 79.9. The fourth-order valence-electron chi connectivity index (χ4n) is 1.43. The largest absolute Gasteiger partial charge is 0.324 e. The van der Waals surface area contributed by atoms with Gasteiger partial charge in [-0.1, -0.05) is 23.2 Å². The lowest BCUT2D eigenvalue weighted by Gasteiger charge is -2.10. The van der Waals surface area contributed by atoms with Crippen molar-refractivity contribution in [3.63, 3.8) is 0 Å². The highest BCUT2D eigenvalue weighted by Gasteiger charge is 2.10. The number of benzene rings is 1. The molecule has 0 saturated carbocycles. The lowest BCUT2D eigenvalue weighted by Crippen LogP contribution is -2.01. The summed E-state index contributed by atoms with van der Waals surface area (Å²) in [6, 6.07) is 3.70. The van der Waals surface area contributed by atoms with E-state index in [0.29, 0.717) is 10.0 Å².